The molecule has 1 unspecified atom stereocenters. The van der Waals surface area contributed by atoms with Crippen molar-refractivity contribution in [3.63, 3.8) is 0 Å². The van der Waals surface area contributed by atoms with Gasteiger partial charge in [0.05, 0.1) is 38.6 Å². The second-order valence-corrected chi connectivity index (χ2v) is 11.5. The number of rotatable bonds is 10. The first-order valence-corrected chi connectivity index (χ1v) is 14.2. The molecule has 1 aliphatic carbocycles. The molecule has 3 fully saturated rings. The second-order valence-electron chi connectivity index (χ2n) is 11.5. The van der Waals surface area contributed by atoms with Crippen molar-refractivity contribution in [3.05, 3.63) is 71.0 Å². The van der Waals surface area contributed by atoms with Crippen molar-refractivity contribution in [2.75, 3.05) is 39.4 Å². The molecule has 5 rings (SSSR count). The molecule has 0 aromatic heterocycles. The van der Waals surface area contributed by atoms with E-state index in [1.54, 1.807) is 18.2 Å². The summed E-state index contributed by atoms with van der Waals surface area (Å²) in [5, 5.41) is 3.13. The zero-order valence-electron chi connectivity index (χ0n) is 23.7. The maximum Gasteiger partial charge on any atom is 0.252 e. The molecule has 2 aromatic rings. The Kier molecular flexibility index (Phi) is 9.19. The Morgan fingerprint density at radius 1 is 1.07 bits per heavy atom. The van der Waals surface area contributed by atoms with Crippen LogP contribution < -0.4 is 5.32 Å². The minimum Gasteiger partial charge on any atom is -0.379 e. The number of ether oxygens (including phenoxy) is 5. The molecule has 218 valence electrons. The normalized spacial score (nSPS) is 28.2. The summed E-state index contributed by atoms with van der Waals surface area (Å²) in [5.41, 5.74) is 1.34. The van der Waals surface area contributed by atoms with Gasteiger partial charge in [-0.05, 0) is 32.4 Å². The number of benzene rings is 2. The van der Waals surface area contributed by atoms with E-state index < -0.39 is 29.7 Å². The topological polar surface area (TPSA) is 78.5 Å². The van der Waals surface area contributed by atoms with Crippen LogP contribution in [0.15, 0.2) is 48.5 Å². The van der Waals surface area contributed by atoms with E-state index >= 15 is 0 Å². The number of carbonyl (C=O) groups excluding carboxylic acids is 1. The number of hydrogen-bond donors (Lipinski definition) is 1. The van der Waals surface area contributed by atoms with Crippen LogP contribution in [0.2, 0.25) is 0 Å². The molecule has 4 atom stereocenters. The molecule has 2 aromatic carbocycles. The van der Waals surface area contributed by atoms with Crippen LogP contribution in [0.25, 0.3) is 0 Å². The third kappa shape index (κ3) is 7.08. The monoisotopic (exact) mass is 556 g/mol. The fraction of sp³-hybridized carbons (Fsp3) is 0.581. The van der Waals surface area contributed by atoms with Crippen LogP contribution in [0.4, 0.5) is 4.39 Å². The quantitative estimate of drug-likeness (QED) is 0.478. The Morgan fingerprint density at radius 2 is 1.88 bits per heavy atom. The minimum absolute atomic E-state index is 0.0525. The molecule has 8 nitrogen and oxygen atoms in total. The Labute approximate surface area is 236 Å². The maximum atomic E-state index is 14.4. The van der Waals surface area contributed by atoms with Crippen LogP contribution in [-0.2, 0) is 41.7 Å². The van der Waals surface area contributed by atoms with E-state index in [1.165, 1.54) is 6.07 Å². The fourth-order valence-corrected chi connectivity index (χ4v) is 5.86. The van der Waals surface area contributed by atoms with E-state index in [2.05, 4.69) is 16.3 Å². The molecule has 0 bridgehead atoms. The van der Waals surface area contributed by atoms with E-state index in [0.29, 0.717) is 31.7 Å². The van der Waals surface area contributed by atoms with Gasteiger partial charge in [-0.15, -0.1) is 0 Å². The van der Waals surface area contributed by atoms with Crippen LogP contribution >= 0.6 is 0 Å². The highest BCUT2D eigenvalue weighted by Crippen LogP contribution is 2.44. The smallest absolute Gasteiger partial charge is 0.252 e. The summed E-state index contributed by atoms with van der Waals surface area (Å²) >= 11 is 0. The zero-order chi connectivity index (χ0) is 28.2. The van der Waals surface area contributed by atoms with Gasteiger partial charge < -0.3 is 29.0 Å². The molecular weight excluding hydrogens is 515 g/mol. The molecule has 9 heteroatoms. The predicted molar refractivity (Wildman–Crippen MR) is 147 cm³/mol. The van der Waals surface area contributed by atoms with Crippen molar-refractivity contribution in [1.29, 1.82) is 0 Å². The van der Waals surface area contributed by atoms with Gasteiger partial charge in [0, 0.05) is 44.6 Å². The van der Waals surface area contributed by atoms with E-state index in [0.717, 1.165) is 30.8 Å². The first-order valence-electron chi connectivity index (χ1n) is 14.2. The lowest BCUT2D eigenvalue weighted by Gasteiger charge is -2.43. The van der Waals surface area contributed by atoms with Gasteiger partial charge in [-0.3, -0.25) is 9.69 Å². The first kappa shape index (κ1) is 29.1. The Bertz CT molecular complexity index is 1160. The van der Waals surface area contributed by atoms with Gasteiger partial charge in [-0.25, -0.2) is 4.39 Å². The Hall–Kier alpha value is -2.40. The average molecular weight is 557 g/mol. The van der Waals surface area contributed by atoms with Gasteiger partial charge in [-0.2, -0.15) is 0 Å². The van der Waals surface area contributed by atoms with Gasteiger partial charge in [0.1, 0.15) is 11.9 Å². The van der Waals surface area contributed by atoms with Crippen molar-refractivity contribution < 1.29 is 32.9 Å². The van der Waals surface area contributed by atoms with Crippen molar-refractivity contribution in [1.82, 2.24) is 10.2 Å². The number of hydrogen-bond acceptors (Lipinski definition) is 7. The molecule has 40 heavy (non-hydrogen) atoms. The van der Waals surface area contributed by atoms with Crippen molar-refractivity contribution in [2.45, 2.75) is 76.5 Å². The number of carbonyl (C=O) groups is 1. The summed E-state index contributed by atoms with van der Waals surface area (Å²) in [6.07, 6.45) is -0.772. The average Bonchev–Trinajstić information content (AvgIpc) is 3.25. The highest BCUT2D eigenvalue weighted by atomic mass is 19.1. The van der Waals surface area contributed by atoms with E-state index in [1.807, 2.05) is 39.0 Å². The highest BCUT2D eigenvalue weighted by molar-refractivity contribution is 5.85. The van der Waals surface area contributed by atoms with Crippen LogP contribution in [-0.4, -0.2) is 79.9 Å². The molecular formula is C31H41FN2O6. The lowest BCUT2D eigenvalue weighted by molar-refractivity contribution is -0.183. The number of nitrogens with zero attached hydrogens (tertiary/aromatic N) is 1. The lowest BCUT2D eigenvalue weighted by Crippen LogP contribution is -2.60. The van der Waals surface area contributed by atoms with Gasteiger partial charge in [0.2, 0.25) is 0 Å². The summed E-state index contributed by atoms with van der Waals surface area (Å²) in [6, 6.07) is 14.6. The zero-order valence-corrected chi connectivity index (χ0v) is 23.7. The minimum atomic E-state index is -1.21. The lowest BCUT2D eigenvalue weighted by atomic mass is 9.78. The SMILES string of the molecule is Cc1cccc(CO[C@]2(C(=O)NCCN3CCOCC3)CC(OCc3ccccc3F)[C@@H]3OC(C)(C)O[C@@H]3C2)c1. The van der Waals surface area contributed by atoms with Gasteiger partial charge >= 0.3 is 0 Å². The summed E-state index contributed by atoms with van der Waals surface area (Å²) in [7, 11) is 0. The Morgan fingerprint density at radius 3 is 2.65 bits per heavy atom. The first-order chi connectivity index (χ1) is 19.2. The summed E-state index contributed by atoms with van der Waals surface area (Å²) in [5.74, 6) is -1.37. The molecule has 1 amide bonds. The Balaban J connectivity index is 1.36. The van der Waals surface area contributed by atoms with E-state index in [-0.39, 0.29) is 31.4 Å². The second kappa shape index (κ2) is 12.6. The molecule has 2 aliphatic heterocycles. The molecule has 2 heterocycles. The van der Waals surface area contributed by atoms with Gasteiger partial charge in [0.25, 0.3) is 5.91 Å². The molecule has 2 saturated heterocycles. The molecule has 3 aliphatic rings. The number of aryl methyl sites for hydroxylation is 1. The van der Waals surface area contributed by atoms with Crippen molar-refractivity contribution in [3.8, 4) is 0 Å². The fourth-order valence-electron chi connectivity index (χ4n) is 5.86. The van der Waals surface area contributed by atoms with Gasteiger partial charge in [0.15, 0.2) is 11.4 Å². The van der Waals surface area contributed by atoms with Crippen LogP contribution in [0.1, 0.15) is 43.4 Å². The number of fused-ring (bicyclic) bond motifs is 1. The van der Waals surface area contributed by atoms with Gasteiger partial charge in [-0.1, -0.05) is 48.0 Å². The largest absolute Gasteiger partial charge is 0.379 e. The third-order valence-electron chi connectivity index (χ3n) is 7.89. The van der Waals surface area contributed by atoms with Crippen LogP contribution in [0, 0.1) is 12.7 Å². The molecule has 1 saturated carbocycles. The summed E-state index contributed by atoms with van der Waals surface area (Å²) in [6.45, 7) is 10.4. The van der Waals surface area contributed by atoms with Crippen LogP contribution in [0.3, 0.4) is 0 Å². The number of amides is 1. The third-order valence-corrected chi connectivity index (χ3v) is 7.89. The van der Waals surface area contributed by atoms with Crippen molar-refractivity contribution in [2.24, 2.45) is 0 Å². The predicted octanol–water partition coefficient (Wildman–Crippen LogP) is 3.74. The van der Waals surface area contributed by atoms with E-state index in [4.69, 9.17) is 23.7 Å². The molecule has 1 N–H and O–H groups in total. The molecule has 0 spiro atoms. The number of nitrogens with one attached hydrogen (secondary N) is 1. The summed E-state index contributed by atoms with van der Waals surface area (Å²) < 4.78 is 45.2. The number of morpholine rings is 1. The highest BCUT2D eigenvalue weighted by Gasteiger charge is 2.58. The van der Waals surface area contributed by atoms with E-state index in [9.17, 15) is 9.18 Å². The van der Waals surface area contributed by atoms with Crippen LogP contribution in [0.5, 0.6) is 0 Å². The maximum absolute atomic E-state index is 14.4. The van der Waals surface area contributed by atoms with Crippen molar-refractivity contribution >= 4 is 5.91 Å². The summed E-state index contributed by atoms with van der Waals surface area (Å²) in [4.78, 5) is 16.3. The standard InChI is InChI=1S/C31H41FN2O6/c1-22-7-6-8-23(17-22)20-38-31(29(35)33-11-12-34-13-15-36-16-14-34)18-26(28-27(19-31)39-30(2,3)40-28)37-21-24-9-4-5-10-25(24)32/h4-10,17,26-28H,11-16,18-21H2,1-3H3,(H,33,35)/t26?,27-,28+,31-/m1/s1. The number of halogens is 1. The molecule has 0 radical (unpaired) electrons.